The summed E-state index contributed by atoms with van der Waals surface area (Å²) in [5.74, 6) is 0.866. The minimum absolute atomic E-state index is 0.0191. The van der Waals surface area contributed by atoms with Gasteiger partial charge < -0.3 is 0 Å². The van der Waals surface area contributed by atoms with Crippen molar-refractivity contribution in [1.82, 2.24) is 9.55 Å². The van der Waals surface area contributed by atoms with E-state index in [2.05, 4.69) is 16.6 Å². The number of aromatic nitrogens is 2. The van der Waals surface area contributed by atoms with Crippen LogP contribution in [0.1, 0.15) is 60.0 Å². The second-order valence-corrected chi connectivity index (χ2v) is 11.9. The van der Waals surface area contributed by atoms with Gasteiger partial charge in [-0.05, 0) is 44.1 Å². The van der Waals surface area contributed by atoms with Gasteiger partial charge in [0.15, 0.2) is 11.6 Å². The van der Waals surface area contributed by atoms with Crippen molar-refractivity contribution in [3.05, 3.63) is 50.9 Å². The van der Waals surface area contributed by atoms with Gasteiger partial charge in [0.25, 0.3) is 10.0 Å². The highest BCUT2D eigenvalue weighted by Crippen LogP contribution is 2.41. The Morgan fingerprint density at radius 2 is 1.91 bits per heavy atom. The Hall–Kier alpha value is -2.17. The van der Waals surface area contributed by atoms with Gasteiger partial charge in [-0.15, -0.1) is 23.1 Å². The summed E-state index contributed by atoms with van der Waals surface area (Å²) in [5.41, 5.74) is 1.47. The van der Waals surface area contributed by atoms with Gasteiger partial charge in [0.1, 0.15) is 5.69 Å². The van der Waals surface area contributed by atoms with Gasteiger partial charge in [0.2, 0.25) is 0 Å². The summed E-state index contributed by atoms with van der Waals surface area (Å²) in [4.78, 5) is 30.2. The topological polar surface area (TPSA) is 98.1 Å². The van der Waals surface area contributed by atoms with Crippen molar-refractivity contribution in [2.24, 2.45) is 0 Å². The van der Waals surface area contributed by atoms with Crippen LogP contribution in [0.3, 0.4) is 0 Å². The number of unbranched alkanes of at least 4 members (excludes halogenated alkanes) is 2. The molecule has 0 unspecified atom stereocenters. The van der Waals surface area contributed by atoms with E-state index in [1.165, 1.54) is 28.0 Å². The summed E-state index contributed by atoms with van der Waals surface area (Å²) < 4.78 is 30.7. The van der Waals surface area contributed by atoms with Crippen molar-refractivity contribution >= 4 is 44.7 Å². The zero-order valence-electron chi connectivity index (χ0n) is 18.0. The molecule has 1 aromatic carbocycles. The van der Waals surface area contributed by atoms with Crippen molar-refractivity contribution in [2.75, 3.05) is 10.5 Å². The van der Waals surface area contributed by atoms with E-state index in [9.17, 15) is 18.0 Å². The average Bonchev–Trinajstić information content (AvgIpc) is 3.08. The summed E-state index contributed by atoms with van der Waals surface area (Å²) in [6.45, 7) is 4.01. The van der Waals surface area contributed by atoms with Gasteiger partial charge >= 0.3 is 5.69 Å². The minimum Gasteiger partial charge on any atom is -0.293 e. The van der Waals surface area contributed by atoms with Crippen molar-refractivity contribution in [3.8, 4) is 5.69 Å². The first kappa shape index (κ1) is 23.0. The predicted molar refractivity (Wildman–Crippen MR) is 128 cm³/mol. The molecule has 0 atom stereocenters. The molecule has 10 heteroatoms. The Morgan fingerprint density at radius 3 is 2.62 bits per heavy atom. The van der Waals surface area contributed by atoms with Crippen LogP contribution in [0.4, 0.5) is 5.82 Å². The van der Waals surface area contributed by atoms with E-state index in [1.807, 2.05) is 6.92 Å². The number of ketones is 1. The van der Waals surface area contributed by atoms with E-state index >= 15 is 0 Å². The van der Waals surface area contributed by atoms with E-state index in [0.717, 1.165) is 34.8 Å². The molecule has 1 aromatic rings. The SMILES string of the molecule is CCCCCSc1sc2c(n3c(=O)nc(NS(=O)(=O)c4ccc(C)cc4)c1-3)CCCC2=O. The number of hydrogen-bond donors (Lipinski definition) is 1. The van der Waals surface area contributed by atoms with Crippen molar-refractivity contribution in [3.63, 3.8) is 0 Å². The van der Waals surface area contributed by atoms with E-state index in [0.29, 0.717) is 35.5 Å². The van der Waals surface area contributed by atoms with Crippen LogP contribution in [0.25, 0.3) is 5.69 Å². The molecule has 1 aliphatic carbocycles. The first-order valence-corrected chi connectivity index (χ1v) is 13.9. The molecule has 0 radical (unpaired) electrons. The lowest BCUT2D eigenvalue weighted by atomic mass is 10.0. The number of nitrogens with one attached hydrogen (secondary N) is 1. The number of hydrogen-bond acceptors (Lipinski definition) is 7. The van der Waals surface area contributed by atoms with Gasteiger partial charge in [0.05, 0.1) is 14.0 Å². The summed E-state index contributed by atoms with van der Waals surface area (Å²) in [6, 6.07) is 6.49. The number of imidazole rings is 1. The molecule has 1 N–H and O–H groups in total. The molecule has 0 saturated heterocycles. The van der Waals surface area contributed by atoms with Crippen molar-refractivity contribution in [1.29, 1.82) is 0 Å². The van der Waals surface area contributed by atoms with Crippen molar-refractivity contribution in [2.45, 2.75) is 61.5 Å². The number of rotatable bonds is 8. The number of benzene rings is 1. The molecular weight excluding hydrogens is 466 g/mol. The largest absolute Gasteiger partial charge is 0.354 e. The Labute approximate surface area is 195 Å². The fourth-order valence-corrected chi connectivity index (χ4v) is 7.30. The highest BCUT2D eigenvalue weighted by Gasteiger charge is 2.31. The predicted octanol–water partition coefficient (Wildman–Crippen LogP) is 4.64. The number of aryl methyl sites for hydroxylation is 1. The van der Waals surface area contributed by atoms with Gasteiger partial charge in [-0.25, -0.2) is 13.2 Å². The molecule has 2 aliphatic heterocycles. The molecule has 0 fully saturated rings. The maximum Gasteiger partial charge on any atom is 0.354 e. The van der Waals surface area contributed by atoms with Crippen molar-refractivity contribution < 1.29 is 13.2 Å². The van der Waals surface area contributed by atoms with Crippen LogP contribution in [0.15, 0.2) is 38.2 Å². The average molecular weight is 492 g/mol. The first-order valence-electron chi connectivity index (χ1n) is 10.7. The Morgan fingerprint density at radius 1 is 1.16 bits per heavy atom. The van der Waals surface area contributed by atoms with Crippen LogP contribution in [0, 0.1) is 6.92 Å². The molecule has 4 rings (SSSR count). The lowest BCUT2D eigenvalue weighted by molar-refractivity contribution is 0.0975. The number of thioether (sulfide) groups is 1. The third-order valence-corrected chi connectivity index (χ3v) is 9.33. The summed E-state index contributed by atoms with van der Waals surface area (Å²) in [5, 5.41) is 0. The van der Waals surface area contributed by atoms with Gasteiger partial charge in [-0.1, -0.05) is 37.5 Å². The van der Waals surface area contributed by atoms with Crippen LogP contribution < -0.4 is 10.4 Å². The van der Waals surface area contributed by atoms with Crippen LogP contribution >= 0.6 is 23.1 Å². The number of Topliss-reactive ketones (excluding diaryl/α,β-unsaturated/α-hetero) is 1. The minimum atomic E-state index is -3.92. The number of sulfonamides is 1. The summed E-state index contributed by atoms with van der Waals surface area (Å²) in [6.07, 6.45) is 4.87. The fourth-order valence-electron chi connectivity index (χ4n) is 3.70. The number of carbonyl (C=O) groups excluding carboxylic acids is 1. The maximum atomic E-state index is 13.0. The Balaban J connectivity index is 1.81. The number of fused-ring (bicyclic) bond motifs is 3. The normalized spacial score (nSPS) is 14.0. The van der Waals surface area contributed by atoms with Crippen LogP contribution in [0.2, 0.25) is 0 Å². The van der Waals surface area contributed by atoms with E-state index in [4.69, 9.17) is 0 Å². The van der Waals surface area contributed by atoms with Gasteiger partial charge in [-0.3, -0.25) is 14.1 Å². The summed E-state index contributed by atoms with van der Waals surface area (Å²) in [7, 11) is -3.92. The Kier molecular flexibility index (Phi) is 6.73. The highest BCUT2D eigenvalue weighted by atomic mass is 32.2. The van der Waals surface area contributed by atoms with E-state index in [-0.39, 0.29) is 16.5 Å². The highest BCUT2D eigenvalue weighted by molar-refractivity contribution is 8.01. The number of anilines is 1. The van der Waals surface area contributed by atoms with Crippen LogP contribution in [-0.4, -0.2) is 29.5 Å². The molecule has 3 aliphatic rings. The molecule has 170 valence electrons. The van der Waals surface area contributed by atoms with E-state index in [1.54, 1.807) is 23.9 Å². The molecule has 0 aromatic heterocycles. The molecule has 2 heterocycles. The first-order chi connectivity index (χ1) is 15.3. The zero-order chi connectivity index (χ0) is 22.9. The molecule has 7 nitrogen and oxygen atoms in total. The molecule has 0 spiro atoms. The van der Waals surface area contributed by atoms with Gasteiger partial charge in [-0.2, -0.15) is 4.98 Å². The van der Waals surface area contributed by atoms with Crippen LogP contribution in [0.5, 0.6) is 0 Å². The molecule has 0 bridgehead atoms. The molecular formula is C22H25N3O4S3. The molecule has 0 saturated carbocycles. The zero-order valence-corrected chi connectivity index (χ0v) is 20.5. The third-order valence-electron chi connectivity index (χ3n) is 5.38. The standard InChI is InChI=1S/C22H25N3O4S3/c1-3-4-5-13-30-21-18-20(24-32(28,29)15-11-9-14(2)10-12-15)23-22(27)25(18)16-7-6-8-17(26)19(16)31-21/h9-12H,3-8,13H2,1-2H3,(H,23,24,27). The smallest absolute Gasteiger partial charge is 0.293 e. The number of nitrogens with zero attached hydrogens (tertiary/aromatic N) is 2. The second kappa shape index (κ2) is 9.36. The van der Waals surface area contributed by atoms with E-state index < -0.39 is 15.7 Å². The number of carbonyl (C=O) groups is 1. The third kappa shape index (κ3) is 4.49. The monoisotopic (exact) mass is 491 g/mol. The lowest BCUT2D eigenvalue weighted by Crippen LogP contribution is -2.24. The summed E-state index contributed by atoms with van der Waals surface area (Å²) >= 11 is 2.90. The fraction of sp³-hybridized carbons (Fsp3) is 0.409. The van der Waals surface area contributed by atoms with Crippen LogP contribution in [-0.2, 0) is 16.4 Å². The second-order valence-electron chi connectivity index (χ2n) is 7.84. The molecule has 0 amide bonds. The molecule has 32 heavy (non-hydrogen) atoms. The maximum absolute atomic E-state index is 13.0. The Bertz CT molecular complexity index is 1280. The van der Waals surface area contributed by atoms with Gasteiger partial charge in [0, 0.05) is 12.1 Å². The lowest BCUT2D eigenvalue weighted by Gasteiger charge is -2.21. The quantitative estimate of drug-likeness (QED) is 0.364.